The zero-order valence-electron chi connectivity index (χ0n) is 13.1. The normalized spacial score (nSPS) is 10.9. The number of rotatable bonds is 5. The van der Waals surface area contributed by atoms with Gasteiger partial charge in [-0.3, -0.25) is 4.98 Å². The van der Waals surface area contributed by atoms with Crippen molar-refractivity contribution in [3.63, 3.8) is 0 Å². The van der Waals surface area contributed by atoms with Crippen LogP contribution < -0.4 is 9.47 Å². The zero-order valence-corrected chi connectivity index (χ0v) is 13.9. The molecule has 0 fully saturated rings. The van der Waals surface area contributed by atoms with Crippen molar-refractivity contribution in [1.29, 1.82) is 0 Å². The molecule has 0 saturated carbocycles. The average Bonchev–Trinajstić information content (AvgIpc) is 3.01. The Kier molecular flexibility index (Phi) is 4.66. The lowest BCUT2D eigenvalue weighted by atomic mass is 10.2. The van der Waals surface area contributed by atoms with Crippen molar-refractivity contribution in [2.24, 2.45) is 5.10 Å². The number of ether oxygens (including phenoxy) is 2. The first-order valence-electron chi connectivity index (χ1n) is 7.07. The molecule has 0 aliphatic rings. The van der Waals surface area contributed by atoms with E-state index in [1.807, 2.05) is 30.3 Å². The summed E-state index contributed by atoms with van der Waals surface area (Å²) in [6.45, 7) is 0. The minimum absolute atomic E-state index is 0.389. The molecule has 0 amide bonds. The summed E-state index contributed by atoms with van der Waals surface area (Å²) in [5, 5.41) is 11.4. The van der Waals surface area contributed by atoms with Gasteiger partial charge in [0, 0.05) is 23.5 Å². The maximum atomic E-state index is 5.35. The van der Waals surface area contributed by atoms with Crippen molar-refractivity contribution in [2.45, 2.75) is 0 Å². The fourth-order valence-electron chi connectivity index (χ4n) is 2.15. The molecule has 0 unspecified atom stereocenters. The highest BCUT2D eigenvalue weighted by molar-refractivity contribution is 7.71. The van der Waals surface area contributed by atoms with Gasteiger partial charge in [-0.05, 0) is 42.5 Å². The highest BCUT2D eigenvalue weighted by Gasteiger charge is 2.08. The van der Waals surface area contributed by atoms with Gasteiger partial charge in [0.05, 0.1) is 20.4 Å². The summed E-state index contributed by atoms with van der Waals surface area (Å²) in [6, 6.07) is 9.14. The standard InChI is InChI=1S/C16H15N5O2S/c1-22-13-3-4-14(23-2)12(9-13)10-18-21-15(19-20-16(21)24)11-5-7-17-8-6-11/h3-10H,1-2H3,(H,20,24)/b18-10+. The van der Waals surface area contributed by atoms with E-state index in [0.29, 0.717) is 22.1 Å². The molecule has 3 aromatic rings. The van der Waals surface area contributed by atoms with Gasteiger partial charge in [0.2, 0.25) is 4.77 Å². The van der Waals surface area contributed by atoms with Crippen LogP contribution in [-0.2, 0) is 0 Å². The lowest BCUT2D eigenvalue weighted by Gasteiger charge is -2.07. The third-order valence-electron chi connectivity index (χ3n) is 3.34. The summed E-state index contributed by atoms with van der Waals surface area (Å²) in [5.74, 6) is 1.99. The highest BCUT2D eigenvalue weighted by Crippen LogP contribution is 2.23. The molecule has 0 spiro atoms. The molecule has 0 radical (unpaired) electrons. The molecular weight excluding hydrogens is 326 g/mol. The number of nitrogens with zero attached hydrogens (tertiary/aromatic N) is 4. The van der Waals surface area contributed by atoms with Gasteiger partial charge in [0.1, 0.15) is 11.5 Å². The van der Waals surface area contributed by atoms with E-state index in [1.165, 1.54) is 0 Å². The van der Waals surface area contributed by atoms with Crippen molar-refractivity contribution in [1.82, 2.24) is 19.9 Å². The van der Waals surface area contributed by atoms with Crippen LogP contribution in [0.3, 0.4) is 0 Å². The topological polar surface area (TPSA) is 77.3 Å². The fourth-order valence-corrected chi connectivity index (χ4v) is 2.33. The van der Waals surface area contributed by atoms with Gasteiger partial charge >= 0.3 is 0 Å². The molecule has 24 heavy (non-hydrogen) atoms. The van der Waals surface area contributed by atoms with Crippen molar-refractivity contribution in [3.8, 4) is 22.9 Å². The number of benzene rings is 1. The Hall–Kier alpha value is -3.00. The van der Waals surface area contributed by atoms with Gasteiger partial charge in [-0.1, -0.05) is 0 Å². The van der Waals surface area contributed by atoms with Gasteiger partial charge in [0.25, 0.3) is 0 Å². The van der Waals surface area contributed by atoms with Gasteiger partial charge < -0.3 is 9.47 Å². The van der Waals surface area contributed by atoms with E-state index in [9.17, 15) is 0 Å². The summed E-state index contributed by atoms with van der Waals surface area (Å²) < 4.78 is 12.5. The van der Waals surface area contributed by atoms with Crippen LogP contribution in [0.2, 0.25) is 0 Å². The first-order chi connectivity index (χ1) is 11.7. The Morgan fingerprint density at radius 3 is 2.67 bits per heavy atom. The number of aromatic nitrogens is 4. The number of H-pyrrole nitrogens is 1. The fraction of sp³-hybridized carbons (Fsp3) is 0.125. The molecule has 7 nitrogen and oxygen atoms in total. The molecule has 3 rings (SSSR count). The van der Waals surface area contributed by atoms with Crippen LogP contribution in [0.5, 0.6) is 11.5 Å². The third kappa shape index (κ3) is 3.18. The molecule has 122 valence electrons. The quantitative estimate of drug-likeness (QED) is 0.570. The van der Waals surface area contributed by atoms with Crippen molar-refractivity contribution in [2.75, 3.05) is 14.2 Å². The average molecular weight is 341 g/mol. The van der Waals surface area contributed by atoms with Crippen molar-refractivity contribution in [3.05, 3.63) is 53.1 Å². The maximum absolute atomic E-state index is 5.35. The van der Waals surface area contributed by atoms with Crippen molar-refractivity contribution < 1.29 is 9.47 Å². The van der Waals surface area contributed by atoms with E-state index in [4.69, 9.17) is 21.7 Å². The number of aromatic amines is 1. The maximum Gasteiger partial charge on any atom is 0.216 e. The van der Waals surface area contributed by atoms with Crippen molar-refractivity contribution >= 4 is 18.4 Å². The number of hydrogen-bond acceptors (Lipinski definition) is 6. The first-order valence-corrected chi connectivity index (χ1v) is 7.48. The van der Waals surface area contributed by atoms with Crippen LogP contribution in [0, 0.1) is 4.77 Å². The predicted octanol–water partition coefficient (Wildman–Crippen LogP) is 2.90. The Labute approximate surface area is 143 Å². The number of methoxy groups -OCH3 is 2. The molecule has 0 aliphatic carbocycles. The zero-order chi connectivity index (χ0) is 16.9. The van der Waals surface area contributed by atoms with Crippen LogP contribution >= 0.6 is 12.2 Å². The molecule has 2 aromatic heterocycles. The number of nitrogens with one attached hydrogen (secondary N) is 1. The summed E-state index contributed by atoms with van der Waals surface area (Å²) in [7, 11) is 3.21. The van der Waals surface area contributed by atoms with E-state index < -0.39 is 0 Å². The van der Waals surface area contributed by atoms with Crippen LogP contribution in [0.1, 0.15) is 5.56 Å². The third-order valence-corrected chi connectivity index (χ3v) is 3.60. The molecule has 1 aromatic carbocycles. The lowest BCUT2D eigenvalue weighted by molar-refractivity contribution is 0.402. The van der Waals surface area contributed by atoms with E-state index in [1.54, 1.807) is 37.5 Å². The lowest BCUT2D eigenvalue weighted by Crippen LogP contribution is -1.97. The Bertz CT molecular complexity index is 918. The van der Waals surface area contributed by atoms with Crippen LogP contribution in [0.25, 0.3) is 11.4 Å². The first kappa shape index (κ1) is 15.9. The van der Waals surface area contributed by atoms with E-state index in [-0.39, 0.29) is 0 Å². The summed E-state index contributed by atoms with van der Waals surface area (Å²) in [5.41, 5.74) is 1.62. The van der Waals surface area contributed by atoms with Crippen LogP contribution in [-0.4, -0.2) is 40.3 Å². The summed E-state index contributed by atoms with van der Waals surface area (Å²) in [4.78, 5) is 4.00. The van der Waals surface area contributed by atoms with Crippen LogP contribution in [0.4, 0.5) is 0 Å². The monoisotopic (exact) mass is 341 g/mol. The van der Waals surface area contributed by atoms with Gasteiger partial charge in [-0.25, -0.2) is 5.10 Å². The molecule has 0 saturated heterocycles. The minimum atomic E-state index is 0.389. The molecular formula is C16H15N5O2S. The molecule has 8 heteroatoms. The SMILES string of the molecule is COc1ccc(OC)c(/C=N/n2c(-c3ccncc3)n[nH]c2=S)c1. The molecule has 2 heterocycles. The van der Waals surface area contributed by atoms with Gasteiger partial charge in [-0.15, -0.1) is 0 Å². The predicted molar refractivity (Wildman–Crippen MR) is 93.2 cm³/mol. The summed E-state index contributed by atoms with van der Waals surface area (Å²) in [6.07, 6.45) is 5.02. The largest absolute Gasteiger partial charge is 0.497 e. The van der Waals surface area contributed by atoms with E-state index >= 15 is 0 Å². The van der Waals surface area contributed by atoms with E-state index in [2.05, 4.69) is 20.3 Å². The van der Waals surface area contributed by atoms with Crippen LogP contribution in [0.15, 0.2) is 47.8 Å². The summed E-state index contributed by atoms with van der Waals surface area (Å²) >= 11 is 5.26. The Morgan fingerprint density at radius 2 is 1.96 bits per heavy atom. The van der Waals surface area contributed by atoms with E-state index in [0.717, 1.165) is 11.1 Å². The Balaban J connectivity index is 2.02. The number of hydrogen-bond donors (Lipinski definition) is 1. The second-order valence-electron chi connectivity index (χ2n) is 4.75. The Morgan fingerprint density at radius 1 is 1.17 bits per heavy atom. The second kappa shape index (κ2) is 7.05. The molecule has 0 atom stereocenters. The number of pyridine rings is 1. The second-order valence-corrected chi connectivity index (χ2v) is 5.14. The minimum Gasteiger partial charge on any atom is -0.497 e. The molecule has 0 aliphatic heterocycles. The molecule has 1 N–H and O–H groups in total. The molecule has 0 bridgehead atoms. The van der Waals surface area contributed by atoms with Gasteiger partial charge in [-0.2, -0.15) is 14.9 Å². The highest BCUT2D eigenvalue weighted by atomic mass is 32.1. The van der Waals surface area contributed by atoms with Gasteiger partial charge in [0.15, 0.2) is 5.82 Å². The smallest absolute Gasteiger partial charge is 0.216 e.